The van der Waals surface area contributed by atoms with E-state index in [2.05, 4.69) is 55.6 Å². The molecule has 0 radical (unpaired) electrons. The quantitative estimate of drug-likeness (QED) is 0.0331. The molecule has 0 aromatic carbocycles. The molecule has 12 N–H and O–H groups in total. The van der Waals surface area contributed by atoms with Crippen LogP contribution in [0.5, 0.6) is 0 Å². The number of nitrogens with one attached hydrogen (secondary N) is 1. The molecule has 3 aliphatic heterocycles. The summed E-state index contributed by atoms with van der Waals surface area (Å²) in [6.45, 7) is 1.47. The summed E-state index contributed by atoms with van der Waals surface area (Å²) in [5, 5.41) is 119. The largest absolute Gasteiger partial charge is 0.394 e. The van der Waals surface area contributed by atoms with Crippen molar-refractivity contribution in [2.24, 2.45) is 0 Å². The van der Waals surface area contributed by atoms with Crippen molar-refractivity contribution < 1.29 is 89.4 Å². The van der Waals surface area contributed by atoms with E-state index in [1.807, 2.05) is 0 Å². The van der Waals surface area contributed by atoms with Gasteiger partial charge in [0.05, 0.1) is 38.6 Å². The molecule has 3 heterocycles. The summed E-state index contributed by atoms with van der Waals surface area (Å²) in [6.07, 6.45) is 3.02. The molecule has 0 bridgehead atoms. The number of amides is 1. The van der Waals surface area contributed by atoms with Crippen LogP contribution in [-0.2, 0) is 33.2 Å². The van der Waals surface area contributed by atoms with Gasteiger partial charge in [0, 0.05) is 6.42 Å². The zero-order chi connectivity index (χ0) is 48.4. The highest BCUT2D eigenvalue weighted by molar-refractivity contribution is 5.76. The van der Waals surface area contributed by atoms with Crippen molar-refractivity contribution in [2.45, 2.75) is 214 Å². The third-order valence-electron chi connectivity index (χ3n) is 11.8. The summed E-state index contributed by atoms with van der Waals surface area (Å²) in [4.78, 5) is 13.1. The fourth-order valence-electron chi connectivity index (χ4n) is 7.76. The number of unbranched alkanes of at least 4 members (excludes halogenated alkanes) is 9. The van der Waals surface area contributed by atoms with E-state index in [9.17, 15) is 61.0 Å². The zero-order valence-corrected chi connectivity index (χ0v) is 38.6. The lowest BCUT2D eigenvalue weighted by molar-refractivity contribution is -0.379. The Hall–Kier alpha value is -2.25. The number of aliphatic hydroxyl groups excluding tert-OH is 11. The SMILES string of the molecule is CCC/C=C\C/C=C\CCCCCCCC(=O)NC(COC1OC(CO)C(OC2OC(CO)C(OC3OC(CO)C(O)C(O)C3O)C(O)C2O)C(O)C1O)C(O)/C=C/CC/C=C/CCCC. The Labute approximate surface area is 389 Å². The first-order chi connectivity index (χ1) is 31.8. The van der Waals surface area contributed by atoms with Gasteiger partial charge in [0.15, 0.2) is 18.9 Å². The standard InChI is InChI=1S/C47H81NO18/c1-3-5-7-9-11-13-14-15-16-17-19-21-23-25-35(53)48-30(31(52)24-22-20-18-12-10-8-6-4-2)29-61-45-41(59)38(56)43(33(27-50)63-45)66-47-42(60)39(57)44(34(28-51)64-47)65-46-40(58)37(55)36(54)32(26-49)62-46/h7,9-10,12-14,22,24,30-34,36-47,49-52,54-60H,3-6,8,11,15-21,23,25-29H2,1-2H3,(H,48,53)/b9-7-,12-10+,14-13-,24-22+. The maximum absolute atomic E-state index is 13.1. The number of allylic oxidation sites excluding steroid dienone is 7. The molecule has 17 atom stereocenters. The van der Waals surface area contributed by atoms with Gasteiger partial charge in [-0.2, -0.15) is 0 Å². The monoisotopic (exact) mass is 948 g/mol. The second kappa shape index (κ2) is 32.5. The summed E-state index contributed by atoms with van der Waals surface area (Å²) < 4.78 is 33.9. The van der Waals surface area contributed by atoms with Gasteiger partial charge in [-0.05, 0) is 51.4 Å². The molecular formula is C47H81NO18. The topological polar surface area (TPSA) is 307 Å². The second-order valence-electron chi connectivity index (χ2n) is 17.2. The third-order valence-corrected chi connectivity index (χ3v) is 11.8. The predicted molar refractivity (Wildman–Crippen MR) is 240 cm³/mol. The molecule has 3 fully saturated rings. The highest BCUT2D eigenvalue weighted by Gasteiger charge is 2.53. The van der Waals surface area contributed by atoms with E-state index in [0.29, 0.717) is 12.8 Å². The fraction of sp³-hybridized carbons (Fsp3) is 0.809. The molecule has 0 aromatic heterocycles. The van der Waals surface area contributed by atoms with E-state index in [1.165, 1.54) is 0 Å². The normalized spacial score (nSPS) is 34.2. The first-order valence-corrected chi connectivity index (χ1v) is 23.9. The Balaban J connectivity index is 1.59. The number of hydrogen-bond donors (Lipinski definition) is 12. The van der Waals surface area contributed by atoms with Crippen LogP contribution >= 0.6 is 0 Å². The molecule has 19 nitrogen and oxygen atoms in total. The van der Waals surface area contributed by atoms with E-state index < -0.39 is 124 Å². The average molecular weight is 948 g/mol. The van der Waals surface area contributed by atoms with Crippen LogP contribution in [0.3, 0.4) is 0 Å². The van der Waals surface area contributed by atoms with Crippen molar-refractivity contribution in [2.75, 3.05) is 26.4 Å². The molecule has 66 heavy (non-hydrogen) atoms. The summed E-state index contributed by atoms with van der Waals surface area (Å²) in [5.41, 5.74) is 0. The molecule has 3 rings (SSSR count). The molecule has 3 saturated heterocycles. The van der Waals surface area contributed by atoms with E-state index in [0.717, 1.165) is 77.0 Å². The minimum Gasteiger partial charge on any atom is -0.394 e. The Kier molecular flexibility index (Phi) is 28.6. The van der Waals surface area contributed by atoms with Gasteiger partial charge in [0.2, 0.25) is 5.91 Å². The number of ether oxygens (including phenoxy) is 6. The molecule has 0 aromatic rings. The molecule has 382 valence electrons. The Bertz CT molecular complexity index is 1410. The van der Waals surface area contributed by atoms with Crippen molar-refractivity contribution >= 4 is 5.91 Å². The van der Waals surface area contributed by atoms with Crippen LogP contribution in [0, 0.1) is 0 Å². The molecule has 3 aliphatic rings. The van der Waals surface area contributed by atoms with Crippen molar-refractivity contribution in [1.82, 2.24) is 5.32 Å². The summed E-state index contributed by atoms with van der Waals surface area (Å²) >= 11 is 0. The molecule has 1 amide bonds. The maximum atomic E-state index is 13.1. The zero-order valence-electron chi connectivity index (χ0n) is 38.6. The van der Waals surface area contributed by atoms with Gasteiger partial charge in [-0.1, -0.05) is 101 Å². The van der Waals surface area contributed by atoms with Crippen LogP contribution in [0.25, 0.3) is 0 Å². The van der Waals surface area contributed by atoms with Crippen LogP contribution in [0.4, 0.5) is 0 Å². The molecule has 0 saturated carbocycles. The first kappa shape index (κ1) is 58.1. The van der Waals surface area contributed by atoms with Gasteiger partial charge < -0.3 is 89.9 Å². The third kappa shape index (κ3) is 18.9. The number of hydrogen-bond acceptors (Lipinski definition) is 18. The van der Waals surface area contributed by atoms with Crippen molar-refractivity contribution in [3.05, 3.63) is 48.6 Å². The van der Waals surface area contributed by atoms with E-state index in [4.69, 9.17) is 28.4 Å². The highest BCUT2D eigenvalue weighted by atomic mass is 16.8. The lowest BCUT2D eigenvalue weighted by Gasteiger charge is -2.48. The Morgan fingerprint density at radius 3 is 1.67 bits per heavy atom. The lowest BCUT2D eigenvalue weighted by Crippen LogP contribution is -2.66. The van der Waals surface area contributed by atoms with Crippen LogP contribution in [-0.4, -0.2) is 193 Å². The molecule has 0 aliphatic carbocycles. The van der Waals surface area contributed by atoms with E-state index in [-0.39, 0.29) is 18.9 Å². The molecule has 0 spiro atoms. The van der Waals surface area contributed by atoms with Gasteiger partial charge in [0.25, 0.3) is 0 Å². The smallest absolute Gasteiger partial charge is 0.220 e. The summed E-state index contributed by atoms with van der Waals surface area (Å²) in [5.74, 6) is -0.309. The number of carbonyl (C=O) groups is 1. The maximum Gasteiger partial charge on any atom is 0.220 e. The van der Waals surface area contributed by atoms with Crippen LogP contribution in [0.2, 0.25) is 0 Å². The number of aliphatic hydroxyl groups is 11. The predicted octanol–water partition coefficient (Wildman–Crippen LogP) is 0.413. The van der Waals surface area contributed by atoms with Gasteiger partial charge in [-0.3, -0.25) is 4.79 Å². The van der Waals surface area contributed by atoms with E-state index in [1.54, 1.807) is 12.2 Å². The molecular weight excluding hydrogens is 867 g/mol. The van der Waals surface area contributed by atoms with E-state index >= 15 is 0 Å². The molecule has 19 heteroatoms. The first-order valence-electron chi connectivity index (χ1n) is 23.9. The van der Waals surface area contributed by atoms with Crippen molar-refractivity contribution in [1.29, 1.82) is 0 Å². The average Bonchev–Trinajstić information content (AvgIpc) is 3.31. The van der Waals surface area contributed by atoms with Gasteiger partial charge in [-0.25, -0.2) is 0 Å². The van der Waals surface area contributed by atoms with Crippen LogP contribution in [0.1, 0.15) is 110 Å². The summed E-state index contributed by atoms with van der Waals surface area (Å²) in [6, 6.07) is -0.993. The van der Waals surface area contributed by atoms with Gasteiger partial charge in [0.1, 0.15) is 73.2 Å². The lowest BCUT2D eigenvalue weighted by atomic mass is 9.96. The number of rotatable bonds is 31. The number of carbonyl (C=O) groups excluding carboxylic acids is 1. The van der Waals surface area contributed by atoms with Crippen LogP contribution < -0.4 is 5.32 Å². The summed E-state index contributed by atoms with van der Waals surface area (Å²) in [7, 11) is 0. The van der Waals surface area contributed by atoms with Crippen molar-refractivity contribution in [3.63, 3.8) is 0 Å². The minimum atomic E-state index is -1.98. The second-order valence-corrected chi connectivity index (χ2v) is 17.2. The fourth-order valence-corrected chi connectivity index (χ4v) is 7.76. The minimum absolute atomic E-state index is 0.216. The van der Waals surface area contributed by atoms with Gasteiger partial charge in [-0.15, -0.1) is 0 Å². The molecule has 17 unspecified atom stereocenters. The van der Waals surface area contributed by atoms with Crippen molar-refractivity contribution in [3.8, 4) is 0 Å². The highest BCUT2D eigenvalue weighted by Crippen LogP contribution is 2.33. The Morgan fingerprint density at radius 1 is 0.545 bits per heavy atom. The van der Waals surface area contributed by atoms with Crippen LogP contribution in [0.15, 0.2) is 48.6 Å². The van der Waals surface area contributed by atoms with Gasteiger partial charge >= 0.3 is 0 Å². The Morgan fingerprint density at radius 2 is 1.05 bits per heavy atom.